The van der Waals surface area contributed by atoms with Gasteiger partial charge in [-0.25, -0.2) is 0 Å². The predicted octanol–water partition coefficient (Wildman–Crippen LogP) is 2.77. The Morgan fingerprint density at radius 3 is 2.65 bits per heavy atom. The zero-order valence-electron chi connectivity index (χ0n) is 11.8. The highest BCUT2D eigenvalue weighted by atomic mass is 15.2. The van der Waals surface area contributed by atoms with Crippen molar-refractivity contribution in [2.24, 2.45) is 12.5 Å². The molecule has 3 nitrogen and oxygen atoms in total. The van der Waals surface area contributed by atoms with Gasteiger partial charge in [0, 0.05) is 18.9 Å². The van der Waals surface area contributed by atoms with Crippen molar-refractivity contribution in [3.63, 3.8) is 0 Å². The normalized spacial score (nSPS) is 12.0. The molecule has 0 aliphatic rings. The number of aromatic nitrogens is 2. The van der Waals surface area contributed by atoms with E-state index in [-0.39, 0.29) is 0 Å². The Morgan fingerprint density at radius 1 is 1.29 bits per heavy atom. The lowest BCUT2D eigenvalue weighted by Crippen LogP contribution is -2.23. The van der Waals surface area contributed by atoms with Gasteiger partial charge in [-0.3, -0.25) is 4.68 Å². The van der Waals surface area contributed by atoms with E-state index in [2.05, 4.69) is 37.3 Å². The van der Waals surface area contributed by atoms with Crippen LogP contribution < -0.4 is 5.32 Å². The minimum absolute atomic E-state index is 0.408. The molecule has 0 radical (unpaired) electrons. The first-order valence-corrected chi connectivity index (χ1v) is 6.73. The van der Waals surface area contributed by atoms with E-state index in [4.69, 9.17) is 0 Å². The van der Waals surface area contributed by atoms with Gasteiger partial charge in [0.2, 0.25) is 0 Å². The van der Waals surface area contributed by atoms with Crippen LogP contribution in [0.4, 0.5) is 0 Å². The summed E-state index contributed by atoms with van der Waals surface area (Å²) < 4.78 is 1.98. The van der Waals surface area contributed by atoms with Gasteiger partial charge < -0.3 is 5.32 Å². The van der Waals surface area contributed by atoms with Gasteiger partial charge in [0.15, 0.2) is 0 Å². The Labute approximate surface area is 106 Å². The summed E-state index contributed by atoms with van der Waals surface area (Å²) in [5.41, 5.74) is 1.74. The van der Waals surface area contributed by atoms with Crippen LogP contribution in [0, 0.1) is 5.41 Å². The third-order valence-electron chi connectivity index (χ3n) is 3.39. The highest BCUT2D eigenvalue weighted by Crippen LogP contribution is 2.26. The Hall–Kier alpha value is -0.830. The largest absolute Gasteiger partial charge is 0.317 e. The molecule has 98 valence electrons. The molecular weight excluding hydrogens is 210 g/mol. The van der Waals surface area contributed by atoms with Gasteiger partial charge in [-0.05, 0) is 50.3 Å². The van der Waals surface area contributed by atoms with Gasteiger partial charge in [0.1, 0.15) is 0 Å². The van der Waals surface area contributed by atoms with Crippen LogP contribution in [0.5, 0.6) is 0 Å². The Morgan fingerprint density at radius 2 is 2.06 bits per heavy atom. The molecule has 0 unspecified atom stereocenters. The Bertz CT molecular complexity index is 315. The smallest absolute Gasteiger partial charge is 0.0492 e. The molecule has 0 aliphatic carbocycles. The van der Waals surface area contributed by atoms with Crippen molar-refractivity contribution in [2.45, 2.75) is 46.5 Å². The van der Waals surface area contributed by atoms with Gasteiger partial charge >= 0.3 is 0 Å². The second-order valence-electron chi connectivity index (χ2n) is 5.61. The second-order valence-corrected chi connectivity index (χ2v) is 5.61. The van der Waals surface area contributed by atoms with Crippen LogP contribution in [-0.4, -0.2) is 22.9 Å². The van der Waals surface area contributed by atoms with E-state index in [0.29, 0.717) is 5.41 Å². The fraction of sp³-hybridized carbons (Fsp3) is 0.786. The summed E-state index contributed by atoms with van der Waals surface area (Å²) in [5.74, 6) is 0. The van der Waals surface area contributed by atoms with Crippen LogP contribution in [0.25, 0.3) is 0 Å². The summed E-state index contributed by atoms with van der Waals surface area (Å²) in [4.78, 5) is 0. The van der Waals surface area contributed by atoms with Crippen molar-refractivity contribution >= 4 is 0 Å². The van der Waals surface area contributed by atoms with Crippen LogP contribution in [0.2, 0.25) is 0 Å². The van der Waals surface area contributed by atoms with E-state index in [0.717, 1.165) is 19.5 Å². The van der Waals surface area contributed by atoms with Crippen molar-refractivity contribution in [1.29, 1.82) is 0 Å². The second kappa shape index (κ2) is 6.80. The number of rotatable bonds is 8. The lowest BCUT2D eigenvalue weighted by molar-refractivity contribution is 0.300. The molecule has 0 bridgehead atoms. The summed E-state index contributed by atoms with van der Waals surface area (Å²) >= 11 is 0. The Balaban J connectivity index is 2.26. The van der Waals surface area contributed by atoms with E-state index in [1.807, 2.05) is 17.9 Å². The molecule has 0 saturated heterocycles. The van der Waals surface area contributed by atoms with E-state index in [1.165, 1.54) is 25.0 Å². The summed E-state index contributed by atoms with van der Waals surface area (Å²) in [6, 6.07) is 2.12. The minimum Gasteiger partial charge on any atom is -0.317 e. The summed E-state index contributed by atoms with van der Waals surface area (Å²) in [6.45, 7) is 9.19. The van der Waals surface area contributed by atoms with Crippen molar-refractivity contribution in [2.75, 3.05) is 13.1 Å². The highest BCUT2D eigenvalue weighted by molar-refractivity contribution is 5.00. The van der Waals surface area contributed by atoms with Crippen molar-refractivity contribution in [1.82, 2.24) is 15.1 Å². The molecule has 1 heterocycles. The first-order valence-electron chi connectivity index (χ1n) is 6.73. The molecule has 0 aromatic carbocycles. The van der Waals surface area contributed by atoms with Gasteiger partial charge in [-0.2, -0.15) is 5.10 Å². The third-order valence-corrected chi connectivity index (χ3v) is 3.39. The monoisotopic (exact) mass is 237 g/mol. The average Bonchev–Trinajstić information content (AvgIpc) is 2.68. The molecule has 0 amide bonds. The topological polar surface area (TPSA) is 29.9 Å². The van der Waals surface area contributed by atoms with Gasteiger partial charge in [-0.15, -0.1) is 0 Å². The van der Waals surface area contributed by atoms with E-state index in [1.54, 1.807) is 0 Å². The number of hydrogen-bond donors (Lipinski definition) is 1. The minimum atomic E-state index is 0.408. The third kappa shape index (κ3) is 5.35. The van der Waals surface area contributed by atoms with E-state index in [9.17, 15) is 0 Å². The summed E-state index contributed by atoms with van der Waals surface area (Å²) in [5, 5.41) is 7.69. The molecule has 3 heteroatoms. The Kier molecular flexibility index (Phi) is 5.69. The van der Waals surface area contributed by atoms with E-state index >= 15 is 0 Å². The fourth-order valence-electron chi connectivity index (χ4n) is 1.97. The molecule has 1 aromatic heterocycles. The molecule has 0 spiro atoms. The maximum Gasteiger partial charge on any atom is 0.0492 e. The van der Waals surface area contributed by atoms with Gasteiger partial charge in [-0.1, -0.05) is 20.8 Å². The summed E-state index contributed by atoms with van der Waals surface area (Å²) in [6.07, 6.45) is 6.68. The van der Waals surface area contributed by atoms with Crippen molar-refractivity contribution < 1.29 is 0 Å². The average molecular weight is 237 g/mol. The predicted molar refractivity (Wildman–Crippen MR) is 73.1 cm³/mol. The van der Waals surface area contributed by atoms with Crippen LogP contribution >= 0.6 is 0 Å². The van der Waals surface area contributed by atoms with Crippen LogP contribution in [-0.2, 0) is 13.5 Å². The van der Waals surface area contributed by atoms with Gasteiger partial charge in [0.25, 0.3) is 0 Å². The molecule has 0 saturated carbocycles. The van der Waals surface area contributed by atoms with Crippen LogP contribution in [0.3, 0.4) is 0 Å². The first kappa shape index (κ1) is 14.2. The lowest BCUT2D eigenvalue weighted by Gasteiger charge is -2.24. The van der Waals surface area contributed by atoms with Crippen LogP contribution in [0.1, 0.15) is 45.7 Å². The molecule has 0 fully saturated rings. The maximum atomic E-state index is 4.21. The molecule has 0 aliphatic heterocycles. The number of nitrogens with one attached hydrogen (secondary N) is 1. The quantitative estimate of drug-likeness (QED) is 0.705. The zero-order valence-corrected chi connectivity index (χ0v) is 11.8. The van der Waals surface area contributed by atoms with Crippen molar-refractivity contribution in [3.8, 4) is 0 Å². The number of aryl methyl sites for hydroxylation is 2. The molecule has 1 aromatic rings. The molecule has 1 N–H and O–H groups in total. The zero-order chi connectivity index (χ0) is 12.7. The van der Waals surface area contributed by atoms with Gasteiger partial charge in [0.05, 0.1) is 0 Å². The number of nitrogens with zero attached hydrogens (tertiary/aromatic N) is 2. The standard InChI is InChI=1S/C14H27N3/c1-5-10-15-12-9-14(2,3)8-6-13-7-11-16-17(13)4/h7,11,15H,5-6,8-10,12H2,1-4H3. The fourth-order valence-corrected chi connectivity index (χ4v) is 1.97. The van der Waals surface area contributed by atoms with Crippen LogP contribution in [0.15, 0.2) is 12.3 Å². The molecule has 1 rings (SSSR count). The first-order chi connectivity index (χ1) is 8.05. The SMILES string of the molecule is CCCNCCC(C)(C)CCc1ccnn1C. The molecular formula is C14H27N3. The maximum absolute atomic E-state index is 4.21. The molecule has 17 heavy (non-hydrogen) atoms. The molecule has 0 atom stereocenters. The van der Waals surface area contributed by atoms with E-state index < -0.39 is 0 Å². The lowest BCUT2D eigenvalue weighted by atomic mass is 9.84. The highest BCUT2D eigenvalue weighted by Gasteiger charge is 2.17. The number of hydrogen-bond acceptors (Lipinski definition) is 2. The van der Waals surface area contributed by atoms with Crippen molar-refractivity contribution in [3.05, 3.63) is 18.0 Å². The summed E-state index contributed by atoms with van der Waals surface area (Å²) in [7, 11) is 2.02.